The molecule has 1 heterocycles. The molecule has 0 atom stereocenters. The van der Waals surface area contributed by atoms with E-state index in [9.17, 15) is 13.2 Å². The molecule has 0 unspecified atom stereocenters. The Morgan fingerprint density at radius 3 is 2.10 bits per heavy atom. The average molecular weight is 438 g/mol. The van der Waals surface area contributed by atoms with E-state index in [2.05, 4.69) is 31.1 Å². The van der Waals surface area contributed by atoms with Crippen LogP contribution in [0.3, 0.4) is 0 Å². The lowest BCUT2D eigenvalue weighted by molar-refractivity contribution is 0.102. The van der Waals surface area contributed by atoms with Gasteiger partial charge in [0.2, 0.25) is 10.0 Å². The van der Waals surface area contributed by atoms with Crippen LogP contribution in [0.1, 0.15) is 36.7 Å². The molecule has 1 N–H and O–H groups in total. The molecular formula is C24H27N3O3S. The Bertz CT molecular complexity index is 1180. The minimum atomic E-state index is -3.65. The number of nitrogens with one attached hydrogen (secondary N) is 1. The normalized spacial score (nSPS) is 12.1. The zero-order chi connectivity index (χ0) is 22.8. The van der Waals surface area contributed by atoms with Crippen LogP contribution in [0.5, 0.6) is 0 Å². The Morgan fingerprint density at radius 1 is 0.935 bits per heavy atom. The van der Waals surface area contributed by atoms with E-state index in [0.29, 0.717) is 22.5 Å². The lowest BCUT2D eigenvalue weighted by atomic mass is 9.87. The summed E-state index contributed by atoms with van der Waals surface area (Å²) in [4.78, 5) is 17.0. The monoisotopic (exact) mass is 437 g/mol. The van der Waals surface area contributed by atoms with E-state index < -0.39 is 10.0 Å². The van der Waals surface area contributed by atoms with E-state index in [1.165, 1.54) is 25.7 Å². The molecule has 0 saturated carbocycles. The van der Waals surface area contributed by atoms with Gasteiger partial charge in [0.1, 0.15) is 4.90 Å². The van der Waals surface area contributed by atoms with Crippen LogP contribution in [0.15, 0.2) is 71.8 Å². The third kappa shape index (κ3) is 5.00. The van der Waals surface area contributed by atoms with Crippen molar-refractivity contribution in [3.05, 3.63) is 78.0 Å². The van der Waals surface area contributed by atoms with Crippen molar-refractivity contribution >= 4 is 21.6 Å². The van der Waals surface area contributed by atoms with Gasteiger partial charge in [0.15, 0.2) is 0 Å². The minimum Gasteiger partial charge on any atom is -0.322 e. The number of sulfonamides is 1. The highest BCUT2D eigenvalue weighted by Crippen LogP contribution is 2.27. The van der Waals surface area contributed by atoms with Gasteiger partial charge in [-0.05, 0) is 47.4 Å². The number of hydrogen-bond donors (Lipinski definition) is 1. The molecule has 0 aliphatic heterocycles. The van der Waals surface area contributed by atoms with Gasteiger partial charge < -0.3 is 5.32 Å². The second-order valence-corrected chi connectivity index (χ2v) is 10.6. The SMILES string of the molecule is CN(C)S(=O)(=O)c1cccnc1-c1ccc(C(=O)Nc2ccc(C(C)(C)C)cc2)cc1. The quantitative estimate of drug-likeness (QED) is 0.635. The van der Waals surface area contributed by atoms with Gasteiger partial charge in [-0.2, -0.15) is 0 Å². The number of benzene rings is 2. The molecule has 0 radical (unpaired) electrons. The lowest BCUT2D eigenvalue weighted by Crippen LogP contribution is -2.23. The Balaban J connectivity index is 1.82. The molecule has 6 nitrogen and oxygen atoms in total. The Morgan fingerprint density at radius 2 is 1.55 bits per heavy atom. The van der Waals surface area contributed by atoms with Crippen LogP contribution >= 0.6 is 0 Å². The van der Waals surface area contributed by atoms with Crippen LogP contribution in [0.4, 0.5) is 5.69 Å². The number of hydrogen-bond acceptors (Lipinski definition) is 4. The molecule has 1 amide bonds. The maximum atomic E-state index is 12.6. The number of anilines is 1. The fraction of sp³-hybridized carbons (Fsp3) is 0.250. The molecule has 3 rings (SSSR count). The van der Waals surface area contributed by atoms with Gasteiger partial charge in [0, 0.05) is 37.1 Å². The largest absolute Gasteiger partial charge is 0.322 e. The number of carbonyl (C=O) groups is 1. The van der Waals surface area contributed by atoms with Gasteiger partial charge in [0.25, 0.3) is 5.91 Å². The van der Waals surface area contributed by atoms with Gasteiger partial charge in [-0.25, -0.2) is 12.7 Å². The summed E-state index contributed by atoms with van der Waals surface area (Å²) in [6, 6.07) is 17.6. The van der Waals surface area contributed by atoms with Crippen molar-refractivity contribution in [2.24, 2.45) is 0 Å². The number of aromatic nitrogens is 1. The lowest BCUT2D eigenvalue weighted by Gasteiger charge is -2.19. The third-order valence-electron chi connectivity index (χ3n) is 4.96. The van der Waals surface area contributed by atoms with Crippen molar-refractivity contribution in [2.45, 2.75) is 31.1 Å². The molecule has 162 valence electrons. The summed E-state index contributed by atoms with van der Waals surface area (Å²) in [7, 11) is -0.686. The Kier molecular flexibility index (Phi) is 6.29. The molecule has 0 saturated heterocycles. The minimum absolute atomic E-state index is 0.0444. The molecule has 1 aromatic heterocycles. The predicted molar refractivity (Wildman–Crippen MR) is 124 cm³/mol. The zero-order valence-electron chi connectivity index (χ0n) is 18.4. The van der Waals surface area contributed by atoms with Crippen LogP contribution in [0.25, 0.3) is 11.3 Å². The summed E-state index contributed by atoms with van der Waals surface area (Å²) >= 11 is 0. The van der Waals surface area contributed by atoms with Crippen molar-refractivity contribution in [2.75, 3.05) is 19.4 Å². The zero-order valence-corrected chi connectivity index (χ0v) is 19.2. The molecule has 2 aromatic carbocycles. The number of nitrogens with zero attached hydrogens (tertiary/aromatic N) is 2. The fourth-order valence-corrected chi connectivity index (χ4v) is 4.11. The molecule has 0 aliphatic carbocycles. The second-order valence-electron chi connectivity index (χ2n) is 8.50. The number of amides is 1. The molecule has 0 aliphatic rings. The van der Waals surface area contributed by atoms with Crippen molar-refractivity contribution in [3.8, 4) is 11.3 Å². The van der Waals surface area contributed by atoms with Gasteiger partial charge >= 0.3 is 0 Å². The second kappa shape index (κ2) is 8.61. The highest BCUT2D eigenvalue weighted by atomic mass is 32.2. The van der Waals surface area contributed by atoms with Crippen LogP contribution in [0, 0.1) is 0 Å². The summed E-state index contributed by atoms with van der Waals surface area (Å²) in [5.74, 6) is -0.239. The fourth-order valence-electron chi connectivity index (χ4n) is 3.05. The standard InChI is InChI=1S/C24H27N3O3S/c1-24(2,3)19-12-14-20(15-13-19)26-23(28)18-10-8-17(9-11-18)22-21(7-6-16-25-22)31(29,30)27(4)5/h6-16H,1-5H3,(H,26,28). The maximum Gasteiger partial charge on any atom is 0.255 e. The molecular weight excluding hydrogens is 410 g/mol. The molecule has 3 aromatic rings. The van der Waals surface area contributed by atoms with Gasteiger partial charge in [-0.3, -0.25) is 9.78 Å². The number of pyridine rings is 1. The first kappa shape index (κ1) is 22.7. The Hall–Kier alpha value is -3.03. The molecule has 7 heteroatoms. The van der Waals surface area contributed by atoms with Crippen LogP contribution in [-0.4, -0.2) is 37.7 Å². The molecule has 0 fully saturated rings. The van der Waals surface area contributed by atoms with E-state index in [4.69, 9.17) is 0 Å². The van der Waals surface area contributed by atoms with Crippen LogP contribution < -0.4 is 5.32 Å². The molecule has 0 bridgehead atoms. The number of rotatable bonds is 5. The molecule has 31 heavy (non-hydrogen) atoms. The summed E-state index contributed by atoms with van der Waals surface area (Å²) < 4.78 is 26.4. The average Bonchev–Trinajstić information content (AvgIpc) is 2.73. The predicted octanol–water partition coefficient (Wildman–Crippen LogP) is 4.55. The Labute approximate surface area is 184 Å². The van der Waals surface area contributed by atoms with Gasteiger partial charge in [-0.1, -0.05) is 45.0 Å². The van der Waals surface area contributed by atoms with E-state index in [0.717, 1.165) is 4.31 Å². The van der Waals surface area contributed by atoms with Crippen LogP contribution in [-0.2, 0) is 15.4 Å². The highest BCUT2D eigenvalue weighted by molar-refractivity contribution is 7.89. The third-order valence-corrected chi connectivity index (χ3v) is 6.81. The number of carbonyl (C=O) groups excluding carboxylic acids is 1. The first-order valence-corrected chi connectivity index (χ1v) is 11.3. The van der Waals surface area contributed by atoms with Crippen molar-refractivity contribution in [1.82, 2.24) is 9.29 Å². The highest BCUT2D eigenvalue weighted by Gasteiger charge is 2.22. The van der Waals surface area contributed by atoms with E-state index >= 15 is 0 Å². The maximum absolute atomic E-state index is 12.6. The molecule has 0 spiro atoms. The first-order valence-electron chi connectivity index (χ1n) is 9.90. The van der Waals surface area contributed by atoms with E-state index in [1.807, 2.05) is 24.3 Å². The van der Waals surface area contributed by atoms with Gasteiger partial charge in [-0.15, -0.1) is 0 Å². The van der Waals surface area contributed by atoms with Crippen molar-refractivity contribution < 1.29 is 13.2 Å². The van der Waals surface area contributed by atoms with Crippen molar-refractivity contribution in [1.29, 1.82) is 0 Å². The smallest absolute Gasteiger partial charge is 0.255 e. The van der Waals surface area contributed by atoms with Gasteiger partial charge in [0.05, 0.1) is 5.69 Å². The summed E-state index contributed by atoms with van der Waals surface area (Å²) in [5.41, 5.74) is 3.38. The summed E-state index contributed by atoms with van der Waals surface area (Å²) in [6.07, 6.45) is 1.55. The summed E-state index contributed by atoms with van der Waals surface area (Å²) in [5, 5.41) is 2.89. The van der Waals surface area contributed by atoms with E-state index in [-0.39, 0.29) is 16.2 Å². The van der Waals surface area contributed by atoms with Crippen LogP contribution in [0.2, 0.25) is 0 Å². The first-order chi connectivity index (χ1) is 14.5. The summed E-state index contributed by atoms with van der Waals surface area (Å²) in [6.45, 7) is 6.41. The van der Waals surface area contributed by atoms with Crippen molar-refractivity contribution in [3.63, 3.8) is 0 Å². The van der Waals surface area contributed by atoms with E-state index in [1.54, 1.807) is 36.5 Å². The topological polar surface area (TPSA) is 79.4 Å².